The van der Waals surface area contributed by atoms with E-state index in [4.69, 9.17) is 34.8 Å². The van der Waals surface area contributed by atoms with Crippen molar-refractivity contribution in [3.63, 3.8) is 0 Å². The lowest BCUT2D eigenvalue weighted by molar-refractivity contribution is 0.615. The van der Waals surface area contributed by atoms with Gasteiger partial charge < -0.3 is 4.90 Å². The predicted octanol–water partition coefficient (Wildman–Crippen LogP) is 2.57. The summed E-state index contributed by atoms with van der Waals surface area (Å²) < 4.78 is 2.48. The zero-order chi connectivity index (χ0) is 9.47. The van der Waals surface area contributed by atoms with E-state index in [2.05, 4.69) is 14.3 Å². The fourth-order valence-electron chi connectivity index (χ4n) is 0.967. The van der Waals surface area contributed by atoms with Crippen molar-refractivity contribution in [2.45, 2.75) is 10.2 Å². The predicted molar refractivity (Wildman–Crippen MR) is 56.0 cm³/mol. The molecule has 1 saturated heterocycles. The molecule has 2 rings (SSSR count). The van der Waals surface area contributed by atoms with Gasteiger partial charge in [0.1, 0.15) is 0 Å². The molecule has 0 atom stereocenters. The standard InChI is InChI=1S/C6H6Cl3N3S/c7-6(8,9)4-10-5(13-11-4)12-2-1-3-12/h1-3H2. The van der Waals surface area contributed by atoms with Crippen molar-refractivity contribution in [3.05, 3.63) is 5.82 Å². The zero-order valence-corrected chi connectivity index (χ0v) is 9.59. The van der Waals surface area contributed by atoms with Crippen LogP contribution in [-0.2, 0) is 3.79 Å². The molecule has 0 aromatic carbocycles. The van der Waals surface area contributed by atoms with Crippen molar-refractivity contribution < 1.29 is 0 Å². The van der Waals surface area contributed by atoms with Crippen molar-refractivity contribution in [1.82, 2.24) is 9.36 Å². The van der Waals surface area contributed by atoms with Crippen molar-refractivity contribution >= 4 is 51.5 Å². The number of nitrogens with zero attached hydrogens (tertiary/aromatic N) is 3. The highest BCUT2D eigenvalue weighted by molar-refractivity contribution is 7.09. The van der Waals surface area contributed by atoms with E-state index in [0.29, 0.717) is 0 Å². The van der Waals surface area contributed by atoms with Crippen LogP contribution in [0.3, 0.4) is 0 Å². The maximum Gasteiger partial charge on any atom is 0.251 e. The van der Waals surface area contributed by atoms with E-state index in [9.17, 15) is 0 Å². The van der Waals surface area contributed by atoms with Crippen LogP contribution in [0.4, 0.5) is 5.13 Å². The van der Waals surface area contributed by atoms with Crippen LogP contribution >= 0.6 is 46.3 Å². The highest BCUT2D eigenvalue weighted by atomic mass is 35.6. The monoisotopic (exact) mass is 257 g/mol. The van der Waals surface area contributed by atoms with Crippen LogP contribution in [0.25, 0.3) is 0 Å². The Hall–Kier alpha value is 0.230. The summed E-state index contributed by atoms with van der Waals surface area (Å²) in [6, 6.07) is 0. The van der Waals surface area contributed by atoms with Crippen molar-refractivity contribution in [1.29, 1.82) is 0 Å². The SMILES string of the molecule is ClC(Cl)(Cl)c1nsc(N2CCC2)n1. The molecule has 0 amide bonds. The van der Waals surface area contributed by atoms with E-state index in [-0.39, 0.29) is 5.82 Å². The van der Waals surface area contributed by atoms with Crippen LogP contribution in [0.1, 0.15) is 12.2 Å². The third-order valence-corrected chi connectivity index (χ3v) is 3.08. The minimum absolute atomic E-state index is 0.268. The number of hydrogen-bond acceptors (Lipinski definition) is 4. The normalized spacial score (nSPS) is 17.3. The number of alkyl halides is 3. The number of anilines is 1. The molecule has 0 N–H and O–H groups in total. The van der Waals surface area contributed by atoms with E-state index in [1.807, 2.05) is 0 Å². The molecule has 1 aliphatic heterocycles. The van der Waals surface area contributed by atoms with Gasteiger partial charge in [-0.3, -0.25) is 0 Å². The van der Waals surface area contributed by atoms with Crippen LogP contribution in [0.2, 0.25) is 0 Å². The zero-order valence-electron chi connectivity index (χ0n) is 6.51. The van der Waals surface area contributed by atoms with Gasteiger partial charge in [-0.25, -0.2) is 0 Å². The number of hydrogen-bond donors (Lipinski definition) is 0. The molecule has 0 saturated carbocycles. The van der Waals surface area contributed by atoms with Gasteiger partial charge in [0.05, 0.1) is 0 Å². The molecular weight excluding hydrogens is 253 g/mol. The van der Waals surface area contributed by atoms with Gasteiger partial charge >= 0.3 is 0 Å². The summed E-state index contributed by atoms with van der Waals surface area (Å²) >= 11 is 18.2. The lowest BCUT2D eigenvalue weighted by Gasteiger charge is -2.29. The van der Waals surface area contributed by atoms with Crippen LogP contribution in [0.15, 0.2) is 0 Å². The van der Waals surface area contributed by atoms with Gasteiger partial charge in [0.2, 0.25) is 5.13 Å². The molecule has 13 heavy (non-hydrogen) atoms. The molecule has 0 aliphatic carbocycles. The maximum atomic E-state index is 5.63. The molecule has 1 aromatic heterocycles. The minimum Gasteiger partial charge on any atom is -0.347 e. The fraction of sp³-hybridized carbons (Fsp3) is 0.667. The molecule has 0 unspecified atom stereocenters. The Balaban J connectivity index is 2.17. The highest BCUT2D eigenvalue weighted by Gasteiger charge is 2.30. The molecule has 1 fully saturated rings. The Morgan fingerprint density at radius 3 is 2.38 bits per heavy atom. The molecule has 1 aromatic rings. The summed E-state index contributed by atoms with van der Waals surface area (Å²) in [6.07, 6.45) is 1.20. The summed E-state index contributed by atoms with van der Waals surface area (Å²) in [5, 5.41) is 0.840. The first-order chi connectivity index (χ1) is 6.07. The van der Waals surface area contributed by atoms with E-state index in [1.54, 1.807) is 0 Å². The minimum atomic E-state index is -1.50. The Morgan fingerprint density at radius 1 is 1.31 bits per heavy atom. The maximum absolute atomic E-state index is 5.63. The van der Waals surface area contributed by atoms with Crippen LogP contribution in [0.5, 0.6) is 0 Å². The molecule has 0 spiro atoms. The van der Waals surface area contributed by atoms with Crippen molar-refractivity contribution in [3.8, 4) is 0 Å². The Morgan fingerprint density at radius 2 is 2.00 bits per heavy atom. The summed E-state index contributed by atoms with van der Waals surface area (Å²) in [5.41, 5.74) is 0. The first-order valence-corrected chi connectivity index (χ1v) is 5.64. The Bertz CT molecular complexity index is 304. The molecule has 0 radical (unpaired) electrons. The average Bonchev–Trinajstić information content (AvgIpc) is 2.29. The summed E-state index contributed by atoms with van der Waals surface area (Å²) in [6.45, 7) is 2.04. The van der Waals surface area contributed by atoms with E-state index < -0.39 is 3.79 Å². The highest BCUT2D eigenvalue weighted by Crippen LogP contribution is 2.38. The number of halogens is 3. The first-order valence-electron chi connectivity index (χ1n) is 3.73. The molecule has 3 nitrogen and oxygen atoms in total. The van der Waals surface area contributed by atoms with Gasteiger partial charge in [-0.2, -0.15) is 9.36 Å². The molecule has 1 aliphatic rings. The second-order valence-corrected chi connectivity index (χ2v) is 5.75. The van der Waals surface area contributed by atoms with E-state index in [0.717, 1.165) is 18.2 Å². The average molecular weight is 259 g/mol. The molecule has 7 heteroatoms. The quantitative estimate of drug-likeness (QED) is 0.725. The number of aromatic nitrogens is 2. The van der Waals surface area contributed by atoms with Crippen LogP contribution < -0.4 is 4.90 Å². The van der Waals surface area contributed by atoms with Gasteiger partial charge in [-0.15, -0.1) is 0 Å². The topological polar surface area (TPSA) is 29.0 Å². The van der Waals surface area contributed by atoms with Crippen LogP contribution in [0, 0.1) is 0 Å². The smallest absolute Gasteiger partial charge is 0.251 e. The third-order valence-electron chi connectivity index (χ3n) is 1.80. The second-order valence-electron chi connectivity index (χ2n) is 2.74. The first kappa shape index (κ1) is 9.77. The van der Waals surface area contributed by atoms with Crippen LogP contribution in [-0.4, -0.2) is 22.4 Å². The van der Waals surface area contributed by atoms with Gasteiger partial charge in [0, 0.05) is 24.6 Å². The van der Waals surface area contributed by atoms with Gasteiger partial charge in [0.15, 0.2) is 5.82 Å². The third kappa shape index (κ3) is 2.01. The summed E-state index contributed by atoms with van der Waals surface area (Å²) in [7, 11) is 0. The fourth-order valence-corrected chi connectivity index (χ4v) is 2.14. The second kappa shape index (κ2) is 3.42. The van der Waals surface area contributed by atoms with E-state index in [1.165, 1.54) is 18.0 Å². The molecule has 2 heterocycles. The summed E-state index contributed by atoms with van der Waals surface area (Å²) in [5.74, 6) is 0.268. The van der Waals surface area contributed by atoms with Gasteiger partial charge in [-0.05, 0) is 6.42 Å². The molecule has 72 valence electrons. The van der Waals surface area contributed by atoms with Crippen molar-refractivity contribution in [2.75, 3.05) is 18.0 Å². The molecule has 0 bridgehead atoms. The molecular formula is C6H6Cl3N3S. The van der Waals surface area contributed by atoms with Crippen molar-refractivity contribution in [2.24, 2.45) is 0 Å². The van der Waals surface area contributed by atoms with Gasteiger partial charge in [0.25, 0.3) is 3.79 Å². The largest absolute Gasteiger partial charge is 0.347 e. The Labute approximate surface area is 94.8 Å². The van der Waals surface area contributed by atoms with E-state index >= 15 is 0 Å². The lowest BCUT2D eigenvalue weighted by atomic mass is 10.2. The number of rotatable bonds is 1. The van der Waals surface area contributed by atoms with Gasteiger partial charge in [-0.1, -0.05) is 34.8 Å². The Kier molecular flexibility index (Phi) is 2.57. The lowest BCUT2D eigenvalue weighted by Crippen LogP contribution is -2.36. The summed E-state index contributed by atoms with van der Waals surface area (Å²) in [4.78, 5) is 6.25.